The zero-order valence-corrected chi connectivity index (χ0v) is 13.1. The Balaban J connectivity index is 1.65. The van der Waals surface area contributed by atoms with Crippen LogP contribution in [0.15, 0.2) is 24.3 Å². The Morgan fingerprint density at radius 1 is 1.43 bits per heavy atom. The lowest BCUT2D eigenvalue weighted by molar-refractivity contribution is -0.115. The molecule has 2 heterocycles. The monoisotopic (exact) mass is 315 g/mol. The minimum absolute atomic E-state index is 0.155. The normalized spacial score (nSPS) is 15.5. The van der Waals surface area contributed by atoms with Gasteiger partial charge in [0.25, 0.3) is 0 Å². The molecule has 0 radical (unpaired) electrons. The van der Waals surface area contributed by atoms with Gasteiger partial charge in [-0.05, 0) is 43.6 Å². The number of nitrogens with zero attached hydrogens (tertiary/aromatic N) is 3. The van der Waals surface area contributed by atoms with Crippen LogP contribution < -0.4 is 10.6 Å². The van der Waals surface area contributed by atoms with Gasteiger partial charge in [-0.3, -0.25) is 10.1 Å². The molecule has 7 nitrogen and oxygen atoms in total. The molecule has 122 valence electrons. The van der Waals surface area contributed by atoms with Crippen molar-refractivity contribution < 1.29 is 9.90 Å². The lowest BCUT2D eigenvalue weighted by Gasteiger charge is -2.19. The molecule has 1 aliphatic rings. The van der Waals surface area contributed by atoms with Gasteiger partial charge in [-0.2, -0.15) is 10.1 Å². The summed E-state index contributed by atoms with van der Waals surface area (Å²) in [6.45, 7) is 1.95. The average Bonchev–Trinajstić information content (AvgIpc) is 2.89. The molecule has 3 N–H and O–H groups in total. The Hall–Kier alpha value is -2.41. The summed E-state index contributed by atoms with van der Waals surface area (Å²) in [5.41, 5.74) is 0.753. The van der Waals surface area contributed by atoms with Crippen LogP contribution in [0.25, 0.3) is 0 Å². The average molecular weight is 315 g/mol. The number of amides is 1. The summed E-state index contributed by atoms with van der Waals surface area (Å²) in [6.07, 6.45) is 2.21. The molecule has 1 fully saturated rings. The maximum Gasteiger partial charge on any atom is 0.231 e. The number of phenolic OH excluding ortho intramolecular Hbond substituents is 1. The van der Waals surface area contributed by atoms with Gasteiger partial charge in [0.15, 0.2) is 5.82 Å². The molecule has 1 aliphatic heterocycles. The van der Waals surface area contributed by atoms with Crippen molar-refractivity contribution in [1.29, 1.82) is 0 Å². The van der Waals surface area contributed by atoms with E-state index in [1.54, 1.807) is 36.0 Å². The van der Waals surface area contributed by atoms with Crippen LogP contribution in [0.4, 0.5) is 5.95 Å². The predicted octanol–water partition coefficient (Wildman–Crippen LogP) is 1.17. The summed E-state index contributed by atoms with van der Waals surface area (Å²) in [7, 11) is 1.78. The van der Waals surface area contributed by atoms with E-state index in [0.29, 0.717) is 11.9 Å². The number of rotatable bonds is 4. The Labute approximate surface area is 134 Å². The van der Waals surface area contributed by atoms with Gasteiger partial charge in [-0.25, -0.2) is 4.68 Å². The Kier molecular flexibility index (Phi) is 4.57. The molecule has 0 atom stereocenters. The fourth-order valence-corrected chi connectivity index (χ4v) is 2.79. The van der Waals surface area contributed by atoms with E-state index < -0.39 is 0 Å². The summed E-state index contributed by atoms with van der Waals surface area (Å²) < 4.78 is 1.61. The predicted molar refractivity (Wildman–Crippen MR) is 86.3 cm³/mol. The molecular formula is C16H21N5O2. The first-order valence-corrected chi connectivity index (χ1v) is 7.81. The first-order valence-electron chi connectivity index (χ1n) is 7.81. The molecule has 2 aromatic rings. The Morgan fingerprint density at radius 3 is 2.96 bits per heavy atom. The minimum Gasteiger partial charge on any atom is -0.508 e. The number of piperidine rings is 1. The molecule has 23 heavy (non-hydrogen) atoms. The van der Waals surface area contributed by atoms with Crippen LogP contribution in [0.3, 0.4) is 0 Å². The molecule has 3 rings (SSSR count). The second-order valence-electron chi connectivity index (χ2n) is 5.84. The second kappa shape index (κ2) is 6.78. The summed E-state index contributed by atoms with van der Waals surface area (Å²) in [5, 5.41) is 20.0. The third kappa shape index (κ3) is 3.87. The summed E-state index contributed by atoms with van der Waals surface area (Å²) in [5.74, 6) is 1.58. The number of hydrogen-bond donors (Lipinski definition) is 3. The van der Waals surface area contributed by atoms with Crippen molar-refractivity contribution in [2.45, 2.75) is 25.2 Å². The molecule has 1 amide bonds. The minimum atomic E-state index is -0.178. The van der Waals surface area contributed by atoms with E-state index in [1.807, 2.05) is 0 Å². The van der Waals surface area contributed by atoms with Crippen LogP contribution in [-0.4, -0.2) is 38.9 Å². The molecular weight excluding hydrogens is 294 g/mol. The van der Waals surface area contributed by atoms with Gasteiger partial charge < -0.3 is 10.4 Å². The third-order valence-electron chi connectivity index (χ3n) is 4.01. The number of phenols is 1. The number of carbonyl (C=O) groups excluding carboxylic acids is 1. The number of aryl methyl sites for hydroxylation is 1. The smallest absolute Gasteiger partial charge is 0.231 e. The van der Waals surface area contributed by atoms with Gasteiger partial charge in [-0.1, -0.05) is 12.1 Å². The van der Waals surface area contributed by atoms with Crippen molar-refractivity contribution in [3.05, 3.63) is 35.7 Å². The zero-order chi connectivity index (χ0) is 16.2. The number of hydrogen-bond acceptors (Lipinski definition) is 5. The number of aromatic nitrogens is 3. The maximum atomic E-state index is 12.1. The van der Waals surface area contributed by atoms with E-state index in [1.165, 1.54) is 0 Å². The van der Waals surface area contributed by atoms with Crippen molar-refractivity contribution in [1.82, 2.24) is 20.1 Å². The highest BCUT2D eigenvalue weighted by atomic mass is 16.3. The molecule has 7 heteroatoms. The largest absolute Gasteiger partial charge is 0.508 e. The standard InChI is InChI=1S/C16H21N5O2/c1-21-16(19-15(20-21)12-5-7-17-8-6-12)18-14(23)10-11-3-2-4-13(22)9-11/h2-4,9,12,17,22H,5-8,10H2,1H3,(H,18,19,20,23). The highest BCUT2D eigenvalue weighted by Crippen LogP contribution is 2.23. The van der Waals surface area contributed by atoms with Crippen molar-refractivity contribution in [2.24, 2.45) is 7.05 Å². The summed E-state index contributed by atoms with van der Waals surface area (Å²) in [4.78, 5) is 16.6. The first-order chi connectivity index (χ1) is 11.1. The van der Waals surface area contributed by atoms with E-state index in [-0.39, 0.29) is 18.1 Å². The van der Waals surface area contributed by atoms with Gasteiger partial charge in [0.1, 0.15) is 5.75 Å². The number of anilines is 1. The van der Waals surface area contributed by atoms with E-state index in [4.69, 9.17) is 0 Å². The van der Waals surface area contributed by atoms with Gasteiger partial charge in [0.2, 0.25) is 11.9 Å². The van der Waals surface area contributed by atoms with E-state index >= 15 is 0 Å². The SMILES string of the molecule is Cn1nc(C2CCNCC2)nc1NC(=O)Cc1cccc(O)c1. The maximum absolute atomic E-state index is 12.1. The van der Waals surface area contributed by atoms with Crippen molar-refractivity contribution in [2.75, 3.05) is 18.4 Å². The van der Waals surface area contributed by atoms with Crippen molar-refractivity contribution in [3.63, 3.8) is 0 Å². The molecule has 1 saturated heterocycles. The number of aromatic hydroxyl groups is 1. The summed E-state index contributed by atoms with van der Waals surface area (Å²) in [6, 6.07) is 6.68. The van der Waals surface area contributed by atoms with E-state index in [9.17, 15) is 9.90 Å². The quantitative estimate of drug-likeness (QED) is 0.788. The van der Waals surface area contributed by atoms with Crippen LogP contribution in [-0.2, 0) is 18.3 Å². The van der Waals surface area contributed by atoms with Crippen molar-refractivity contribution in [3.8, 4) is 5.75 Å². The van der Waals surface area contributed by atoms with E-state index in [2.05, 4.69) is 20.7 Å². The zero-order valence-electron chi connectivity index (χ0n) is 13.1. The van der Waals surface area contributed by atoms with Crippen LogP contribution in [0.2, 0.25) is 0 Å². The Morgan fingerprint density at radius 2 is 2.22 bits per heavy atom. The molecule has 0 saturated carbocycles. The van der Waals surface area contributed by atoms with Crippen LogP contribution in [0.1, 0.15) is 30.1 Å². The molecule has 1 aromatic heterocycles. The number of carbonyl (C=O) groups is 1. The fraction of sp³-hybridized carbons (Fsp3) is 0.438. The Bertz CT molecular complexity index is 692. The van der Waals surface area contributed by atoms with Crippen LogP contribution >= 0.6 is 0 Å². The van der Waals surface area contributed by atoms with Gasteiger partial charge >= 0.3 is 0 Å². The lowest BCUT2D eigenvalue weighted by atomic mass is 9.98. The molecule has 1 aromatic carbocycles. The van der Waals surface area contributed by atoms with Gasteiger partial charge in [0, 0.05) is 13.0 Å². The highest BCUT2D eigenvalue weighted by Gasteiger charge is 2.21. The molecule has 0 bridgehead atoms. The van der Waals surface area contributed by atoms with Crippen molar-refractivity contribution >= 4 is 11.9 Å². The first kappa shape index (κ1) is 15.5. The lowest BCUT2D eigenvalue weighted by Crippen LogP contribution is -2.27. The topological polar surface area (TPSA) is 92.1 Å². The van der Waals surface area contributed by atoms with Crippen LogP contribution in [0, 0.1) is 0 Å². The molecule has 0 spiro atoms. The summed E-state index contributed by atoms with van der Waals surface area (Å²) >= 11 is 0. The van der Waals surface area contributed by atoms with Gasteiger partial charge in [0.05, 0.1) is 6.42 Å². The fourth-order valence-electron chi connectivity index (χ4n) is 2.79. The number of benzene rings is 1. The number of nitrogens with one attached hydrogen (secondary N) is 2. The molecule has 0 unspecified atom stereocenters. The third-order valence-corrected chi connectivity index (χ3v) is 4.01. The molecule has 0 aliphatic carbocycles. The van der Waals surface area contributed by atoms with Gasteiger partial charge in [-0.15, -0.1) is 0 Å². The van der Waals surface area contributed by atoms with E-state index in [0.717, 1.165) is 37.3 Å². The highest BCUT2D eigenvalue weighted by molar-refractivity contribution is 5.90. The second-order valence-corrected chi connectivity index (χ2v) is 5.84. The van der Waals surface area contributed by atoms with Crippen LogP contribution in [0.5, 0.6) is 5.75 Å².